The quantitative estimate of drug-likeness (QED) is 0.429. The number of likely N-dealkylation sites (tertiary alicyclic amines) is 1. The molecule has 0 atom stereocenters. The molecule has 7 nitrogen and oxygen atoms in total. The minimum absolute atomic E-state index is 0.0853. The van der Waals surface area contributed by atoms with E-state index < -0.39 is 0 Å². The van der Waals surface area contributed by atoms with E-state index in [-0.39, 0.29) is 17.6 Å². The highest BCUT2D eigenvalue weighted by molar-refractivity contribution is 5.98. The average molecular weight is 441 g/mol. The topological polar surface area (TPSA) is 87.9 Å². The molecule has 1 fully saturated rings. The predicted molar refractivity (Wildman–Crippen MR) is 121 cm³/mol. The summed E-state index contributed by atoms with van der Waals surface area (Å²) in [7, 11) is 0. The lowest BCUT2D eigenvalue weighted by molar-refractivity contribution is 0.0701. The van der Waals surface area contributed by atoms with E-state index in [0.29, 0.717) is 41.6 Å². The van der Waals surface area contributed by atoms with Crippen molar-refractivity contribution in [3.63, 3.8) is 0 Å². The first-order chi connectivity index (χ1) is 16.2. The van der Waals surface area contributed by atoms with E-state index in [1.54, 1.807) is 23.2 Å². The largest absolute Gasteiger partial charge is 0.419 e. The average Bonchev–Trinajstić information content (AvgIpc) is 3.51. The van der Waals surface area contributed by atoms with Crippen molar-refractivity contribution < 1.29 is 13.6 Å². The van der Waals surface area contributed by atoms with Crippen molar-refractivity contribution in [1.82, 2.24) is 25.1 Å². The number of benzene rings is 2. The molecule has 0 radical (unpaired) electrons. The van der Waals surface area contributed by atoms with Crippen LogP contribution in [0.2, 0.25) is 0 Å². The van der Waals surface area contributed by atoms with Crippen LogP contribution < -0.4 is 0 Å². The number of carbonyl (C=O) groups excluding carboxylic acids is 1. The zero-order valence-corrected chi connectivity index (χ0v) is 17.7. The number of hydrogen-bond donors (Lipinski definition) is 1. The smallest absolute Gasteiger partial charge is 0.270 e. The van der Waals surface area contributed by atoms with Gasteiger partial charge < -0.3 is 14.3 Å². The highest BCUT2D eigenvalue weighted by atomic mass is 19.1. The monoisotopic (exact) mass is 441 g/mol. The molecule has 5 aromatic rings. The van der Waals surface area contributed by atoms with E-state index in [9.17, 15) is 9.18 Å². The van der Waals surface area contributed by atoms with Gasteiger partial charge in [0.15, 0.2) is 0 Å². The molecule has 1 aliphatic rings. The van der Waals surface area contributed by atoms with Gasteiger partial charge in [0, 0.05) is 41.5 Å². The molecule has 1 amide bonds. The third-order valence-corrected chi connectivity index (χ3v) is 6.26. The first-order valence-electron chi connectivity index (χ1n) is 10.9. The van der Waals surface area contributed by atoms with Crippen LogP contribution in [-0.2, 0) is 0 Å². The second-order valence-corrected chi connectivity index (χ2v) is 8.31. The molecule has 1 aliphatic heterocycles. The summed E-state index contributed by atoms with van der Waals surface area (Å²) in [4.78, 5) is 22.3. The second kappa shape index (κ2) is 7.81. The van der Waals surface area contributed by atoms with Gasteiger partial charge in [-0.05, 0) is 48.6 Å². The molecular formula is C25H20FN5O2. The molecule has 0 aliphatic carbocycles. The first-order valence-corrected chi connectivity index (χ1v) is 10.9. The van der Waals surface area contributed by atoms with Gasteiger partial charge >= 0.3 is 0 Å². The molecule has 33 heavy (non-hydrogen) atoms. The Morgan fingerprint density at radius 2 is 1.88 bits per heavy atom. The fraction of sp³-hybridized carbons (Fsp3) is 0.200. The number of carbonyl (C=O) groups is 1. The highest BCUT2D eigenvalue weighted by Gasteiger charge is 2.29. The number of rotatable bonds is 3. The lowest BCUT2D eigenvalue weighted by Gasteiger charge is -2.30. The molecule has 8 heteroatoms. The van der Waals surface area contributed by atoms with Crippen molar-refractivity contribution >= 4 is 27.6 Å². The van der Waals surface area contributed by atoms with Crippen molar-refractivity contribution in [1.29, 1.82) is 0 Å². The van der Waals surface area contributed by atoms with Gasteiger partial charge in [-0.1, -0.05) is 24.3 Å². The first kappa shape index (κ1) is 19.6. The number of piperidine rings is 1. The SMILES string of the molecule is O=C(c1cc2cc(F)ccc2[nH]1)N1CCC(c2nnc(-c3nccc4ccccc34)o2)CC1. The van der Waals surface area contributed by atoms with Gasteiger partial charge in [-0.15, -0.1) is 10.2 Å². The van der Waals surface area contributed by atoms with Crippen molar-refractivity contribution in [3.05, 3.63) is 78.2 Å². The van der Waals surface area contributed by atoms with Crippen molar-refractivity contribution in [2.24, 2.45) is 0 Å². The summed E-state index contributed by atoms with van der Waals surface area (Å²) >= 11 is 0. The maximum Gasteiger partial charge on any atom is 0.270 e. The van der Waals surface area contributed by atoms with Crippen molar-refractivity contribution in [3.8, 4) is 11.6 Å². The molecule has 0 bridgehead atoms. The van der Waals surface area contributed by atoms with E-state index >= 15 is 0 Å². The van der Waals surface area contributed by atoms with Gasteiger partial charge in [0.05, 0.1) is 0 Å². The van der Waals surface area contributed by atoms with Crippen LogP contribution >= 0.6 is 0 Å². The van der Waals surface area contributed by atoms with Gasteiger partial charge in [-0.25, -0.2) is 4.39 Å². The minimum Gasteiger partial charge on any atom is -0.419 e. The van der Waals surface area contributed by atoms with Gasteiger partial charge in [0.25, 0.3) is 11.8 Å². The Bertz CT molecular complexity index is 1480. The van der Waals surface area contributed by atoms with E-state index in [0.717, 1.165) is 29.1 Å². The zero-order valence-electron chi connectivity index (χ0n) is 17.7. The summed E-state index contributed by atoms with van der Waals surface area (Å²) in [5.41, 5.74) is 1.89. The molecule has 2 aromatic carbocycles. The number of nitrogens with one attached hydrogen (secondary N) is 1. The van der Waals surface area contributed by atoms with E-state index in [1.807, 2.05) is 30.3 Å². The Kier molecular flexibility index (Phi) is 4.64. The highest BCUT2D eigenvalue weighted by Crippen LogP contribution is 2.31. The Balaban J connectivity index is 1.17. The summed E-state index contributed by atoms with van der Waals surface area (Å²) in [6.07, 6.45) is 3.19. The number of aromatic nitrogens is 4. The Labute approximate surface area is 188 Å². The van der Waals surface area contributed by atoms with E-state index in [4.69, 9.17) is 4.42 Å². The van der Waals surface area contributed by atoms with Crippen molar-refractivity contribution in [2.75, 3.05) is 13.1 Å². The summed E-state index contributed by atoms with van der Waals surface area (Å²) in [6, 6.07) is 16.1. The molecule has 0 saturated carbocycles. The number of fused-ring (bicyclic) bond motifs is 2. The van der Waals surface area contributed by atoms with Crippen LogP contribution in [0.25, 0.3) is 33.3 Å². The Morgan fingerprint density at radius 1 is 1.03 bits per heavy atom. The molecular weight excluding hydrogens is 421 g/mol. The zero-order chi connectivity index (χ0) is 22.4. The number of halogens is 1. The van der Waals surface area contributed by atoms with Crippen LogP contribution in [0.5, 0.6) is 0 Å². The van der Waals surface area contributed by atoms with Crippen molar-refractivity contribution in [2.45, 2.75) is 18.8 Å². The van der Waals surface area contributed by atoms with Gasteiger partial charge in [-0.2, -0.15) is 0 Å². The fourth-order valence-corrected chi connectivity index (χ4v) is 4.50. The number of nitrogens with zero attached hydrogens (tertiary/aromatic N) is 4. The number of aromatic amines is 1. The molecule has 3 aromatic heterocycles. The van der Waals surface area contributed by atoms with Crippen LogP contribution in [0, 0.1) is 5.82 Å². The number of pyridine rings is 1. The van der Waals surface area contributed by atoms with Crippen LogP contribution in [0.1, 0.15) is 35.1 Å². The predicted octanol–water partition coefficient (Wildman–Crippen LogP) is 4.93. The third-order valence-electron chi connectivity index (χ3n) is 6.26. The normalized spacial score (nSPS) is 14.9. The number of H-pyrrole nitrogens is 1. The Morgan fingerprint density at radius 3 is 2.76 bits per heavy atom. The molecule has 4 heterocycles. The standard InChI is InChI=1S/C25H20FN5O2/c26-18-5-6-20-17(13-18)14-21(28-20)25(32)31-11-8-16(9-12-31)23-29-30-24(33-23)22-19-4-2-1-3-15(19)7-10-27-22/h1-7,10,13-14,16,28H,8-9,11-12H2. The van der Waals surface area contributed by atoms with Crippen LogP contribution in [0.3, 0.4) is 0 Å². The molecule has 164 valence electrons. The number of hydrogen-bond acceptors (Lipinski definition) is 5. The molecule has 0 spiro atoms. The van der Waals surface area contributed by atoms with Gasteiger partial charge in [0.2, 0.25) is 5.89 Å². The minimum atomic E-state index is -0.320. The van der Waals surface area contributed by atoms with E-state index in [1.165, 1.54) is 12.1 Å². The van der Waals surface area contributed by atoms with Crippen LogP contribution in [0.15, 0.2) is 65.2 Å². The number of amides is 1. The molecule has 0 unspecified atom stereocenters. The van der Waals surface area contributed by atoms with Crippen LogP contribution in [0.4, 0.5) is 4.39 Å². The third kappa shape index (κ3) is 3.53. The lowest BCUT2D eigenvalue weighted by atomic mass is 9.96. The van der Waals surface area contributed by atoms with Gasteiger partial charge in [0.1, 0.15) is 17.2 Å². The second-order valence-electron chi connectivity index (χ2n) is 8.31. The summed E-state index contributed by atoms with van der Waals surface area (Å²) in [6.45, 7) is 1.16. The maximum absolute atomic E-state index is 13.5. The fourth-order valence-electron chi connectivity index (χ4n) is 4.50. The van der Waals surface area contributed by atoms with E-state index in [2.05, 4.69) is 20.2 Å². The molecule has 6 rings (SSSR count). The Hall–Kier alpha value is -4.07. The van der Waals surface area contributed by atoms with Crippen LogP contribution in [-0.4, -0.2) is 44.1 Å². The summed E-state index contributed by atoms with van der Waals surface area (Å²) < 4.78 is 19.5. The maximum atomic E-state index is 13.5. The summed E-state index contributed by atoms with van der Waals surface area (Å²) in [5, 5.41) is 11.3. The summed E-state index contributed by atoms with van der Waals surface area (Å²) in [5.74, 6) is 0.663. The molecule has 1 saturated heterocycles. The van der Waals surface area contributed by atoms with Gasteiger partial charge in [-0.3, -0.25) is 9.78 Å². The lowest BCUT2D eigenvalue weighted by Crippen LogP contribution is -2.38. The molecule has 1 N–H and O–H groups in total.